The molecule has 0 aliphatic carbocycles. The molecule has 0 aliphatic heterocycles. The van der Waals surface area contributed by atoms with E-state index >= 15 is 0 Å². The van der Waals surface area contributed by atoms with Crippen LogP contribution < -0.4 is 19.9 Å². The molecule has 2 aromatic rings. The standard InChI is InChI=1S/C17H20N2O5S/c1-22-14-5-4-6-15(23-2)13(14)9-10-25(20,21)11-12-7-8-16(24-3)17(18)19-12/h4-10H,11H2,1-3H3,(H2,18,19). The van der Waals surface area contributed by atoms with Gasteiger partial charge < -0.3 is 19.9 Å². The van der Waals surface area contributed by atoms with Gasteiger partial charge in [-0.05, 0) is 30.3 Å². The summed E-state index contributed by atoms with van der Waals surface area (Å²) in [6.07, 6.45) is 1.44. The molecule has 25 heavy (non-hydrogen) atoms. The van der Waals surface area contributed by atoms with E-state index in [4.69, 9.17) is 19.9 Å². The molecule has 8 heteroatoms. The van der Waals surface area contributed by atoms with Gasteiger partial charge in [-0.2, -0.15) is 0 Å². The van der Waals surface area contributed by atoms with E-state index in [1.165, 1.54) is 27.4 Å². The lowest BCUT2D eigenvalue weighted by Gasteiger charge is -2.09. The fraction of sp³-hybridized carbons (Fsp3) is 0.235. The largest absolute Gasteiger partial charge is 0.496 e. The Kier molecular flexibility index (Phi) is 5.87. The van der Waals surface area contributed by atoms with Gasteiger partial charge in [0.1, 0.15) is 11.5 Å². The average Bonchev–Trinajstić information content (AvgIpc) is 2.59. The second-order valence-electron chi connectivity index (χ2n) is 5.08. The van der Waals surface area contributed by atoms with Crippen molar-refractivity contribution in [2.45, 2.75) is 5.75 Å². The SMILES string of the molecule is COc1ccc(CS(=O)(=O)C=Cc2c(OC)cccc2OC)nc1N. The third-order valence-corrected chi connectivity index (χ3v) is 4.67. The Balaban J connectivity index is 2.27. The van der Waals surface area contributed by atoms with Crippen LogP contribution in [-0.4, -0.2) is 34.7 Å². The first-order chi connectivity index (χ1) is 11.9. The van der Waals surface area contributed by atoms with Crippen LogP contribution >= 0.6 is 0 Å². The summed E-state index contributed by atoms with van der Waals surface area (Å²) in [5.74, 6) is 1.28. The maximum Gasteiger partial charge on any atom is 0.177 e. The summed E-state index contributed by atoms with van der Waals surface area (Å²) in [7, 11) is 0.905. The van der Waals surface area contributed by atoms with Crippen molar-refractivity contribution >= 4 is 21.7 Å². The number of pyridine rings is 1. The van der Waals surface area contributed by atoms with Crippen LogP contribution in [0.3, 0.4) is 0 Å². The zero-order valence-corrected chi connectivity index (χ0v) is 15.0. The van der Waals surface area contributed by atoms with Gasteiger partial charge in [0.2, 0.25) is 0 Å². The van der Waals surface area contributed by atoms with Gasteiger partial charge in [0, 0.05) is 5.41 Å². The van der Waals surface area contributed by atoms with E-state index in [2.05, 4.69) is 4.98 Å². The molecule has 0 unspecified atom stereocenters. The van der Waals surface area contributed by atoms with Gasteiger partial charge in [0.25, 0.3) is 0 Å². The van der Waals surface area contributed by atoms with Gasteiger partial charge in [-0.1, -0.05) is 6.07 Å². The Morgan fingerprint density at radius 3 is 2.12 bits per heavy atom. The molecule has 0 saturated carbocycles. The smallest absolute Gasteiger partial charge is 0.177 e. The Hall–Kier alpha value is -2.74. The molecule has 0 atom stereocenters. The predicted octanol–water partition coefficient (Wildman–Crippen LogP) is 2.28. The van der Waals surface area contributed by atoms with Crippen LogP contribution in [0.25, 0.3) is 6.08 Å². The fourth-order valence-electron chi connectivity index (χ4n) is 2.23. The highest BCUT2D eigenvalue weighted by Crippen LogP contribution is 2.30. The first-order valence-electron chi connectivity index (χ1n) is 7.31. The second-order valence-corrected chi connectivity index (χ2v) is 6.96. The van der Waals surface area contributed by atoms with E-state index in [9.17, 15) is 8.42 Å². The molecule has 0 saturated heterocycles. The summed E-state index contributed by atoms with van der Waals surface area (Å²) in [5, 5.41) is 1.11. The van der Waals surface area contributed by atoms with Crippen LogP contribution in [0, 0.1) is 0 Å². The molecule has 2 rings (SSSR count). The van der Waals surface area contributed by atoms with Crippen LogP contribution in [0.1, 0.15) is 11.3 Å². The van der Waals surface area contributed by atoms with E-state index in [1.807, 2.05) is 0 Å². The number of nitrogens with zero attached hydrogens (tertiary/aromatic N) is 1. The van der Waals surface area contributed by atoms with E-state index in [-0.39, 0.29) is 11.6 Å². The Morgan fingerprint density at radius 2 is 1.60 bits per heavy atom. The number of ether oxygens (including phenoxy) is 3. The molecule has 0 aliphatic rings. The molecular formula is C17H20N2O5S. The summed E-state index contributed by atoms with van der Waals surface area (Å²) >= 11 is 0. The summed E-state index contributed by atoms with van der Waals surface area (Å²) in [4.78, 5) is 4.04. The number of rotatable bonds is 7. The summed E-state index contributed by atoms with van der Waals surface area (Å²) in [5.41, 5.74) is 6.58. The molecule has 0 bridgehead atoms. The zero-order valence-electron chi connectivity index (χ0n) is 14.2. The van der Waals surface area contributed by atoms with Crippen molar-refractivity contribution in [3.63, 3.8) is 0 Å². The lowest BCUT2D eigenvalue weighted by Crippen LogP contribution is -2.05. The minimum absolute atomic E-state index is 0.144. The molecule has 0 fully saturated rings. The topological polar surface area (TPSA) is 101 Å². The highest BCUT2D eigenvalue weighted by molar-refractivity contribution is 7.93. The lowest BCUT2D eigenvalue weighted by molar-refractivity contribution is 0.392. The summed E-state index contributed by atoms with van der Waals surface area (Å²) in [6.45, 7) is 0. The predicted molar refractivity (Wildman–Crippen MR) is 96.4 cm³/mol. The van der Waals surface area contributed by atoms with Crippen molar-refractivity contribution in [2.75, 3.05) is 27.1 Å². The molecule has 1 heterocycles. The van der Waals surface area contributed by atoms with Crippen molar-refractivity contribution in [3.8, 4) is 17.2 Å². The molecule has 0 spiro atoms. The summed E-state index contributed by atoms with van der Waals surface area (Å²) < 4.78 is 40.2. The first kappa shape index (κ1) is 18.6. The zero-order chi connectivity index (χ0) is 18.4. The average molecular weight is 364 g/mol. The van der Waals surface area contributed by atoms with Crippen molar-refractivity contribution in [2.24, 2.45) is 0 Å². The first-order valence-corrected chi connectivity index (χ1v) is 9.03. The molecular weight excluding hydrogens is 344 g/mol. The van der Waals surface area contributed by atoms with E-state index < -0.39 is 9.84 Å². The number of anilines is 1. The third kappa shape index (κ3) is 4.63. The molecule has 2 N–H and O–H groups in total. The maximum atomic E-state index is 12.4. The van der Waals surface area contributed by atoms with Crippen LogP contribution in [0.4, 0.5) is 5.82 Å². The monoisotopic (exact) mass is 364 g/mol. The highest BCUT2D eigenvalue weighted by Gasteiger charge is 2.13. The van der Waals surface area contributed by atoms with Crippen LogP contribution in [0.5, 0.6) is 17.2 Å². The number of aromatic nitrogens is 1. The van der Waals surface area contributed by atoms with Gasteiger partial charge in [0.05, 0.1) is 38.3 Å². The lowest BCUT2D eigenvalue weighted by atomic mass is 10.2. The van der Waals surface area contributed by atoms with Crippen LogP contribution in [0.2, 0.25) is 0 Å². The van der Waals surface area contributed by atoms with E-state index in [0.717, 1.165) is 5.41 Å². The number of hydrogen-bond donors (Lipinski definition) is 1. The quantitative estimate of drug-likeness (QED) is 0.804. The van der Waals surface area contributed by atoms with Gasteiger partial charge in [-0.15, -0.1) is 0 Å². The number of nitrogen functional groups attached to an aromatic ring is 1. The van der Waals surface area contributed by atoms with E-state index in [0.29, 0.717) is 28.5 Å². The van der Waals surface area contributed by atoms with Gasteiger partial charge in [0.15, 0.2) is 21.4 Å². The number of nitrogens with two attached hydrogens (primary N) is 1. The Morgan fingerprint density at radius 1 is 1.00 bits per heavy atom. The highest BCUT2D eigenvalue weighted by atomic mass is 32.2. The van der Waals surface area contributed by atoms with Crippen molar-refractivity contribution in [3.05, 3.63) is 47.0 Å². The Labute approximate surface area is 147 Å². The van der Waals surface area contributed by atoms with Gasteiger partial charge in [-0.3, -0.25) is 0 Å². The van der Waals surface area contributed by atoms with Gasteiger partial charge in [-0.25, -0.2) is 13.4 Å². The fourth-order valence-corrected chi connectivity index (χ4v) is 3.24. The molecule has 0 radical (unpaired) electrons. The van der Waals surface area contributed by atoms with Crippen LogP contribution in [0.15, 0.2) is 35.7 Å². The summed E-state index contributed by atoms with van der Waals surface area (Å²) in [6, 6.07) is 8.35. The van der Waals surface area contributed by atoms with Crippen molar-refractivity contribution < 1.29 is 22.6 Å². The molecule has 7 nitrogen and oxygen atoms in total. The van der Waals surface area contributed by atoms with Crippen LogP contribution in [-0.2, 0) is 15.6 Å². The second kappa shape index (κ2) is 7.89. The molecule has 134 valence electrons. The minimum atomic E-state index is -3.57. The van der Waals surface area contributed by atoms with Crippen molar-refractivity contribution in [1.29, 1.82) is 0 Å². The number of sulfone groups is 1. The number of hydrogen-bond acceptors (Lipinski definition) is 7. The normalized spacial score (nSPS) is 11.5. The van der Waals surface area contributed by atoms with E-state index in [1.54, 1.807) is 30.3 Å². The molecule has 1 aromatic heterocycles. The number of methoxy groups -OCH3 is 3. The number of benzene rings is 1. The Bertz CT molecular complexity index is 856. The third-order valence-electron chi connectivity index (χ3n) is 3.42. The van der Waals surface area contributed by atoms with Gasteiger partial charge >= 0.3 is 0 Å². The molecule has 0 amide bonds. The maximum absolute atomic E-state index is 12.4. The minimum Gasteiger partial charge on any atom is -0.496 e. The van der Waals surface area contributed by atoms with Crippen molar-refractivity contribution in [1.82, 2.24) is 4.98 Å². The molecule has 1 aromatic carbocycles.